The molecule has 1 rings (SSSR count). The lowest BCUT2D eigenvalue weighted by molar-refractivity contribution is 0.0597. The number of benzene rings is 1. The van der Waals surface area contributed by atoms with Gasteiger partial charge >= 0.3 is 5.97 Å². The van der Waals surface area contributed by atoms with Crippen LogP contribution in [0.1, 0.15) is 15.9 Å². The summed E-state index contributed by atoms with van der Waals surface area (Å²) in [6.45, 7) is 0.353. The highest BCUT2D eigenvalue weighted by Crippen LogP contribution is 2.19. The Balaban J connectivity index is 2.89. The molecule has 0 aliphatic heterocycles. The van der Waals surface area contributed by atoms with Gasteiger partial charge in [0.25, 0.3) is 0 Å². The van der Waals surface area contributed by atoms with Gasteiger partial charge in [0.15, 0.2) is 0 Å². The van der Waals surface area contributed by atoms with Gasteiger partial charge in [-0.1, -0.05) is 6.07 Å². The molecule has 0 radical (unpaired) electrons. The third kappa shape index (κ3) is 2.93. The zero-order valence-corrected chi connectivity index (χ0v) is 8.40. The quantitative estimate of drug-likeness (QED) is 0.563. The summed E-state index contributed by atoms with van der Waals surface area (Å²) in [4.78, 5) is 15.6. The second-order valence-corrected chi connectivity index (χ2v) is 2.96. The van der Waals surface area contributed by atoms with Crippen molar-refractivity contribution in [1.82, 2.24) is 0 Å². The van der Waals surface area contributed by atoms with Gasteiger partial charge in [-0.3, -0.25) is 0 Å². The first-order valence-electron chi connectivity index (χ1n) is 4.41. The summed E-state index contributed by atoms with van der Waals surface area (Å²) in [6.07, 6.45) is 0.570. The largest absolute Gasteiger partial charge is 0.507 e. The van der Waals surface area contributed by atoms with Crippen molar-refractivity contribution in [2.45, 2.75) is 6.42 Å². The lowest BCUT2D eigenvalue weighted by Crippen LogP contribution is -2.06. The molecular formula is C10H13NO4. The number of carbonyl (C=O) groups is 1. The van der Waals surface area contributed by atoms with E-state index in [1.807, 2.05) is 0 Å². The topological polar surface area (TPSA) is 81.8 Å². The molecule has 5 nitrogen and oxygen atoms in total. The van der Waals surface area contributed by atoms with Crippen molar-refractivity contribution < 1.29 is 19.5 Å². The third-order valence-electron chi connectivity index (χ3n) is 1.97. The SMILES string of the molecule is COC(=O)c1cc(CCON)ccc1O. The van der Waals surface area contributed by atoms with Crippen molar-refractivity contribution in [3.05, 3.63) is 29.3 Å². The summed E-state index contributed by atoms with van der Waals surface area (Å²) in [6, 6.07) is 4.69. The molecule has 0 heterocycles. The summed E-state index contributed by atoms with van der Waals surface area (Å²) < 4.78 is 4.52. The van der Waals surface area contributed by atoms with Crippen LogP contribution in [0.4, 0.5) is 0 Å². The summed E-state index contributed by atoms with van der Waals surface area (Å²) >= 11 is 0. The minimum atomic E-state index is -0.567. The number of nitrogens with two attached hydrogens (primary N) is 1. The minimum Gasteiger partial charge on any atom is -0.507 e. The average molecular weight is 211 g/mol. The van der Waals surface area contributed by atoms with Crippen molar-refractivity contribution in [3.8, 4) is 5.75 Å². The molecule has 15 heavy (non-hydrogen) atoms. The molecule has 0 spiro atoms. The molecule has 0 unspecified atom stereocenters. The fraction of sp³-hybridized carbons (Fsp3) is 0.300. The Morgan fingerprint density at radius 3 is 2.87 bits per heavy atom. The van der Waals surface area contributed by atoms with Crippen LogP contribution in [-0.4, -0.2) is 24.8 Å². The summed E-state index contributed by atoms with van der Waals surface area (Å²) in [5, 5.41) is 9.41. The highest BCUT2D eigenvalue weighted by Gasteiger charge is 2.11. The van der Waals surface area contributed by atoms with Crippen LogP contribution >= 0.6 is 0 Å². The Bertz CT molecular complexity index is 351. The summed E-state index contributed by atoms with van der Waals surface area (Å²) in [5.74, 6) is 4.22. The highest BCUT2D eigenvalue weighted by atomic mass is 16.6. The van der Waals surface area contributed by atoms with Gasteiger partial charge in [-0.05, 0) is 24.1 Å². The first-order valence-corrected chi connectivity index (χ1v) is 4.41. The van der Waals surface area contributed by atoms with Crippen molar-refractivity contribution in [2.24, 2.45) is 5.90 Å². The van der Waals surface area contributed by atoms with Gasteiger partial charge in [0.1, 0.15) is 11.3 Å². The van der Waals surface area contributed by atoms with Crippen LogP contribution in [-0.2, 0) is 16.0 Å². The summed E-state index contributed by atoms with van der Waals surface area (Å²) in [7, 11) is 1.26. The number of phenolic OH excluding ortho intramolecular Hbond substituents is 1. The fourth-order valence-corrected chi connectivity index (χ4v) is 1.19. The maximum atomic E-state index is 11.2. The van der Waals surface area contributed by atoms with Crippen LogP contribution in [0, 0.1) is 0 Å². The maximum Gasteiger partial charge on any atom is 0.341 e. The number of hydrogen-bond donors (Lipinski definition) is 2. The number of ether oxygens (including phenoxy) is 1. The van der Waals surface area contributed by atoms with E-state index in [4.69, 9.17) is 5.90 Å². The highest BCUT2D eigenvalue weighted by molar-refractivity contribution is 5.92. The molecule has 0 aliphatic carbocycles. The van der Waals surface area contributed by atoms with Crippen LogP contribution < -0.4 is 5.90 Å². The Hall–Kier alpha value is -1.59. The van der Waals surface area contributed by atoms with Crippen LogP contribution in [0.15, 0.2) is 18.2 Å². The molecule has 0 fully saturated rings. The normalized spacial score (nSPS) is 10.0. The second kappa shape index (κ2) is 5.33. The number of hydrogen-bond acceptors (Lipinski definition) is 5. The number of methoxy groups -OCH3 is 1. The maximum absolute atomic E-state index is 11.2. The Morgan fingerprint density at radius 2 is 2.27 bits per heavy atom. The average Bonchev–Trinajstić information content (AvgIpc) is 2.27. The van der Waals surface area contributed by atoms with E-state index in [2.05, 4.69) is 9.57 Å². The van der Waals surface area contributed by atoms with Crippen molar-refractivity contribution in [2.75, 3.05) is 13.7 Å². The number of rotatable bonds is 4. The lowest BCUT2D eigenvalue weighted by Gasteiger charge is -2.05. The van der Waals surface area contributed by atoms with Crippen molar-refractivity contribution in [3.63, 3.8) is 0 Å². The van der Waals surface area contributed by atoms with Crippen LogP contribution in [0.5, 0.6) is 5.75 Å². The fourth-order valence-electron chi connectivity index (χ4n) is 1.19. The van der Waals surface area contributed by atoms with E-state index in [0.717, 1.165) is 5.56 Å². The molecule has 0 bridgehead atoms. The van der Waals surface area contributed by atoms with E-state index >= 15 is 0 Å². The Morgan fingerprint density at radius 1 is 1.53 bits per heavy atom. The third-order valence-corrected chi connectivity index (χ3v) is 1.97. The summed E-state index contributed by atoms with van der Waals surface area (Å²) in [5.41, 5.74) is 0.991. The van der Waals surface area contributed by atoms with Gasteiger partial charge < -0.3 is 14.7 Å². The number of phenols is 1. The zero-order valence-electron chi connectivity index (χ0n) is 8.40. The number of esters is 1. The molecule has 5 heteroatoms. The molecule has 0 aliphatic rings. The molecule has 1 aromatic rings. The van der Waals surface area contributed by atoms with Gasteiger partial charge in [-0.25, -0.2) is 10.7 Å². The second-order valence-electron chi connectivity index (χ2n) is 2.96. The molecule has 0 aromatic heterocycles. The molecule has 82 valence electrons. The van der Waals surface area contributed by atoms with E-state index in [-0.39, 0.29) is 11.3 Å². The van der Waals surface area contributed by atoms with E-state index in [1.165, 1.54) is 13.2 Å². The van der Waals surface area contributed by atoms with Gasteiger partial charge in [0.05, 0.1) is 13.7 Å². The van der Waals surface area contributed by atoms with Crippen molar-refractivity contribution >= 4 is 5.97 Å². The predicted octanol–water partition coefficient (Wildman–Crippen LogP) is 0.612. The van der Waals surface area contributed by atoms with Gasteiger partial charge in [-0.15, -0.1) is 0 Å². The monoisotopic (exact) mass is 211 g/mol. The first kappa shape index (κ1) is 11.5. The minimum absolute atomic E-state index is 0.0979. The Labute approximate surface area is 87.4 Å². The van der Waals surface area contributed by atoms with E-state index < -0.39 is 5.97 Å². The van der Waals surface area contributed by atoms with E-state index in [9.17, 15) is 9.90 Å². The lowest BCUT2D eigenvalue weighted by atomic mass is 10.1. The molecule has 1 aromatic carbocycles. The zero-order chi connectivity index (χ0) is 11.3. The van der Waals surface area contributed by atoms with E-state index in [0.29, 0.717) is 13.0 Å². The van der Waals surface area contributed by atoms with Crippen LogP contribution in [0.25, 0.3) is 0 Å². The van der Waals surface area contributed by atoms with Gasteiger partial charge in [0.2, 0.25) is 0 Å². The van der Waals surface area contributed by atoms with Crippen LogP contribution in [0.3, 0.4) is 0 Å². The molecule has 0 atom stereocenters. The molecular weight excluding hydrogens is 198 g/mol. The molecule has 3 N–H and O–H groups in total. The van der Waals surface area contributed by atoms with E-state index in [1.54, 1.807) is 12.1 Å². The number of aromatic hydroxyl groups is 1. The smallest absolute Gasteiger partial charge is 0.341 e. The predicted molar refractivity (Wildman–Crippen MR) is 53.3 cm³/mol. The van der Waals surface area contributed by atoms with Gasteiger partial charge in [0, 0.05) is 0 Å². The van der Waals surface area contributed by atoms with Crippen LogP contribution in [0.2, 0.25) is 0 Å². The van der Waals surface area contributed by atoms with Gasteiger partial charge in [-0.2, -0.15) is 0 Å². The number of carbonyl (C=O) groups excluding carboxylic acids is 1. The first-order chi connectivity index (χ1) is 7.19. The Kier molecular flexibility index (Phi) is 4.08. The molecule has 0 saturated heterocycles. The molecule has 0 saturated carbocycles. The molecule has 0 amide bonds. The standard InChI is InChI=1S/C10H13NO4/c1-14-10(13)8-6-7(4-5-15-11)2-3-9(8)12/h2-3,6,12H,4-5,11H2,1H3. The van der Waals surface area contributed by atoms with Crippen molar-refractivity contribution in [1.29, 1.82) is 0 Å².